The van der Waals surface area contributed by atoms with Gasteiger partial charge in [0.25, 0.3) is 0 Å². The number of rotatable bonds is 9. The first kappa shape index (κ1) is 16.5. The molecule has 1 aromatic carbocycles. The zero-order valence-corrected chi connectivity index (χ0v) is 12.9. The van der Waals surface area contributed by atoms with E-state index in [1.165, 1.54) is 16.7 Å². The Morgan fingerprint density at radius 2 is 2.00 bits per heavy atom. The fraction of sp³-hybridized carbons (Fsp3) is 0.368. The van der Waals surface area contributed by atoms with Crippen molar-refractivity contribution in [3.63, 3.8) is 0 Å². The molecular weight excluding hydrogens is 242 g/mol. The Kier molecular flexibility index (Phi) is 7.03. The van der Waals surface area contributed by atoms with Gasteiger partial charge in [-0.25, -0.2) is 0 Å². The molecule has 0 radical (unpaired) electrons. The lowest BCUT2D eigenvalue weighted by molar-refractivity contribution is 0.263. The van der Waals surface area contributed by atoms with Crippen LogP contribution in [0.5, 0.6) is 0 Å². The van der Waals surface area contributed by atoms with Crippen LogP contribution in [0.1, 0.15) is 36.5 Å². The maximum Gasteiger partial charge on any atom is 0.0279 e. The summed E-state index contributed by atoms with van der Waals surface area (Å²) in [5.74, 6) is 0. The van der Waals surface area contributed by atoms with Crippen molar-refractivity contribution in [3.8, 4) is 0 Å². The first-order valence-corrected chi connectivity index (χ1v) is 7.34. The van der Waals surface area contributed by atoms with Crippen LogP contribution in [0.4, 0.5) is 0 Å². The predicted octanol–water partition coefficient (Wildman–Crippen LogP) is 4.84. The van der Waals surface area contributed by atoms with E-state index in [0.29, 0.717) is 6.04 Å². The fourth-order valence-corrected chi connectivity index (χ4v) is 2.41. The van der Waals surface area contributed by atoms with Gasteiger partial charge in [0.05, 0.1) is 0 Å². The molecule has 0 fully saturated rings. The predicted molar refractivity (Wildman–Crippen MR) is 90.8 cm³/mol. The molecule has 0 saturated heterocycles. The second kappa shape index (κ2) is 8.55. The minimum atomic E-state index is 0.385. The average molecular weight is 269 g/mol. The minimum absolute atomic E-state index is 0.385. The summed E-state index contributed by atoms with van der Waals surface area (Å²) in [5.41, 5.74) is 3.94. The summed E-state index contributed by atoms with van der Waals surface area (Å²) in [6, 6.07) is 7.03. The van der Waals surface area contributed by atoms with Crippen molar-refractivity contribution in [2.45, 2.75) is 38.8 Å². The van der Waals surface area contributed by atoms with E-state index in [0.717, 1.165) is 25.8 Å². The normalized spacial score (nSPS) is 12.2. The van der Waals surface area contributed by atoms with Gasteiger partial charge in [-0.2, -0.15) is 0 Å². The molecular formula is C19H27N. The number of nitrogens with zero attached hydrogens (tertiary/aromatic N) is 1. The number of allylic oxidation sites excluding steroid dienone is 1. The highest BCUT2D eigenvalue weighted by Gasteiger charge is 2.12. The van der Waals surface area contributed by atoms with E-state index in [2.05, 4.69) is 56.8 Å². The van der Waals surface area contributed by atoms with E-state index < -0.39 is 0 Å². The SMILES string of the molecule is C=CCCC(C=C)N(C)Cc1cc(CC)ccc1C=C. The maximum atomic E-state index is 3.96. The van der Waals surface area contributed by atoms with Crippen molar-refractivity contribution in [3.05, 3.63) is 66.8 Å². The molecule has 1 aromatic rings. The van der Waals surface area contributed by atoms with Crippen LogP contribution in [0.25, 0.3) is 6.08 Å². The van der Waals surface area contributed by atoms with Crippen molar-refractivity contribution in [2.24, 2.45) is 0 Å². The third-order valence-electron chi connectivity index (χ3n) is 3.76. The summed E-state index contributed by atoms with van der Waals surface area (Å²) in [6.07, 6.45) is 9.09. The first-order chi connectivity index (χ1) is 9.65. The van der Waals surface area contributed by atoms with E-state index in [-0.39, 0.29) is 0 Å². The van der Waals surface area contributed by atoms with Gasteiger partial charge >= 0.3 is 0 Å². The van der Waals surface area contributed by atoms with E-state index >= 15 is 0 Å². The van der Waals surface area contributed by atoms with Crippen LogP contribution in [0.15, 0.2) is 50.1 Å². The van der Waals surface area contributed by atoms with E-state index in [9.17, 15) is 0 Å². The molecule has 0 spiro atoms. The molecule has 0 amide bonds. The minimum Gasteiger partial charge on any atom is -0.296 e. The van der Waals surface area contributed by atoms with Crippen molar-refractivity contribution in [2.75, 3.05) is 7.05 Å². The fourth-order valence-electron chi connectivity index (χ4n) is 2.41. The van der Waals surface area contributed by atoms with Crippen LogP contribution in [0.2, 0.25) is 0 Å². The molecule has 0 aromatic heterocycles. The third-order valence-corrected chi connectivity index (χ3v) is 3.76. The van der Waals surface area contributed by atoms with Gasteiger partial charge in [-0.3, -0.25) is 4.90 Å². The second-order valence-corrected chi connectivity index (χ2v) is 5.18. The Hall–Kier alpha value is -1.60. The molecule has 1 unspecified atom stereocenters. The Morgan fingerprint density at radius 3 is 2.55 bits per heavy atom. The Morgan fingerprint density at radius 1 is 1.25 bits per heavy atom. The van der Waals surface area contributed by atoms with Crippen molar-refractivity contribution >= 4 is 6.08 Å². The van der Waals surface area contributed by atoms with Gasteiger partial charge in [-0.05, 0) is 43.0 Å². The maximum absolute atomic E-state index is 3.96. The summed E-state index contributed by atoms with van der Waals surface area (Å²) in [6.45, 7) is 14.8. The van der Waals surface area contributed by atoms with Crippen LogP contribution in [-0.4, -0.2) is 18.0 Å². The summed E-state index contributed by atoms with van der Waals surface area (Å²) < 4.78 is 0. The number of aryl methyl sites for hydroxylation is 1. The lowest BCUT2D eigenvalue weighted by Crippen LogP contribution is -2.29. The molecule has 0 aliphatic rings. The molecule has 0 aliphatic carbocycles. The standard InChI is InChI=1S/C19H27N/c1-6-10-11-19(9-4)20(5)15-18-14-16(7-2)12-13-17(18)8-3/h6,8-9,12-14,19H,1,3-4,7,10-11,15H2,2,5H3. The van der Waals surface area contributed by atoms with Gasteiger partial charge < -0.3 is 0 Å². The lowest BCUT2D eigenvalue weighted by atomic mass is 10.0. The zero-order chi connectivity index (χ0) is 15.0. The van der Waals surface area contributed by atoms with Crippen molar-refractivity contribution < 1.29 is 0 Å². The highest BCUT2D eigenvalue weighted by atomic mass is 15.1. The highest BCUT2D eigenvalue weighted by Crippen LogP contribution is 2.18. The molecule has 0 saturated carbocycles. The number of likely N-dealkylation sites (N-methyl/N-ethyl adjacent to an activating group) is 1. The van der Waals surface area contributed by atoms with Gasteiger partial charge in [0.15, 0.2) is 0 Å². The van der Waals surface area contributed by atoms with Gasteiger partial charge in [-0.1, -0.05) is 49.9 Å². The molecule has 0 heterocycles. The summed E-state index contributed by atoms with van der Waals surface area (Å²) in [7, 11) is 2.15. The molecule has 1 heteroatoms. The van der Waals surface area contributed by atoms with Crippen molar-refractivity contribution in [1.82, 2.24) is 4.90 Å². The highest BCUT2D eigenvalue weighted by molar-refractivity contribution is 5.53. The topological polar surface area (TPSA) is 3.24 Å². The average Bonchev–Trinajstić information content (AvgIpc) is 2.47. The van der Waals surface area contributed by atoms with Gasteiger partial charge in [-0.15, -0.1) is 13.2 Å². The van der Waals surface area contributed by atoms with Crippen LogP contribution >= 0.6 is 0 Å². The van der Waals surface area contributed by atoms with E-state index in [1.807, 2.05) is 18.2 Å². The molecule has 0 aliphatic heterocycles. The lowest BCUT2D eigenvalue weighted by Gasteiger charge is -2.26. The summed E-state index contributed by atoms with van der Waals surface area (Å²) in [4.78, 5) is 2.35. The molecule has 1 atom stereocenters. The van der Waals surface area contributed by atoms with Gasteiger partial charge in [0.1, 0.15) is 0 Å². The Bertz CT molecular complexity index is 459. The molecule has 0 bridgehead atoms. The van der Waals surface area contributed by atoms with E-state index in [4.69, 9.17) is 0 Å². The third kappa shape index (κ3) is 4.50. The number of hydrogen-bond donors (Lipinski definition) is 0. The Labute approximate surface area is 124 Å². The monoisotopic (exact) mass is 269 g/mol. The van der Waals surface area contributed by atoms with Crippen LogP contribution < -0.4 is 0 Å². The quantitative estimate of drug-likeness (QED) is 0.580. The van der Waals surface area contributed by atoms with Crippen LogP contribution in [-0.2, 0) is 13.0 Å². The van der Waals surface area contributed by atoms with E-state index in [1.54, 1.807) is 0 Å². The van der Waals surface area contributed by atoms with Gasteiger partial charge in [0, 0.05) is 12.6 Å². The van der Waals surface area contributed by atoms with Gasteiger partial charge in [0.2, 0.25) is 0 Å². The molecule has 20 heavy (non-hydrogen) atoms. The van der Waals surface area contributed by atoms with Crippen LogP contribution in [0, 0.1) is 0 Å². The second-order valence-electron chi connectivity index (χ2n) is 5.18. The molecule has 1 nitrogen and oxygen atoms in total. The Balaban J connectivity index is 2.86. The summed E-state index contributed by atoms with van der Waals surface area (Å²) in [5, 5.41) is 0. The molecule has 0 N–H and O–H groups in total. The molecule has 1 rings (SSSR count). The van der Waals surface area contributed by atoms with Crippen molar-refractivity contribution in [1.29, 1.82) is 0 Å². The largest absolute Gasteiger partial charge is 0.296 e. The number of benzene rings is 1. The van der Waals surface area contributed by atoms with Crippen LogP contribution in [0.3, 0.4) is 0 Å². The first-order valence-electron chi connectivity index (χ1n) is 7.34. The number of hydrogen-bond acceptors (Lipinski definition) is 1. The molecule has 108 valence electrons. The smallest absolute Gasteiger partial charge is 0.0279 e. The summed E-state index contributed by atoms with van der Waals surface area (Å²) >= 11 is 0. The zero-order valence-electron chi connectivity index (χ0n) is 12.9.